The Morgan fingerprint density at radius 2 is 1.87 bits per heavy atom. The van der Waals surface area contributed by atoms with Crippen molar-refractivity contribution in [2.45, 2.75) is 18.4 Å². The number of para-hydroxylation sites is 1. The van der Waals surface area contributed by atoms with E-state index in [1.54, 1.807) is 25.1 Å². The zero-order chi connectivity index (χ0) is 15.7. The summed E-state index contributed by atoms with van der Waals surface area (Å²) in [6.45, 7) is 3.40. The predicted molar refractivity (Wildman–Crippen MR) is 96.1 cm³/mol. The molecule has 0 saturated heterocycles. The Labute approximate surface area is 147 Å². The maximum Gasteiger partial charge on any atom is 0.264 e. The van der Waals surface area contributed by atoms with Crippen LogP contribution in [0.25, 0.3) is 0 Å². The molecular formula is C16H18Cl2N2O2S. The van der Waals surface area contributed by atoms with Crippen LogP contribution in [0.4, 0.5) is 5.69 Å². The van der Waals surface area contributed by atoms with Crippen molar-refractivity contribution >= 4 is 39.7 Å². The minimum atomic E-state index is -3.64. The van der Waals surface area contributed by atoms with E-state index < -0.39 is 10.0 Å². The summed E-state index contributed by atoms with van der Waals surface area (Å²) >= 11 is 6.10. The number of nitrogens with zero attached hydrogens (tertiary/aromatic N) is 1. The first-order valence-corrected chi connectivity index (χ1v) is 8.90. The molecule has 0 fully saturated rings. The zero-order valence-electron chi connectivity index (χ0n) is 12.6. The molecule has 0 radical (unpaired) electrons. The van der Waals surface area contributed by atoms with Crippen LogP contribution < -0.4 is 9.62 Å². The Hall–Kier alpha value is -1.27. The van der Waals surface area contributed by atoms with E-state index in [1.807, 2.05) is 24.3 Å². The van der Waals surface area contributed by atoms with Gasteiger partial charge in [-0.2, -0.15) is 0 Å². The van der Waals surface area contributed by atoms with Gasteiger partial charge in [-0.15, -0.1) is 12.4 Å². The third-order valence-corrected chi connectivity index (χ3v) is 6.22. The number of halogens is 2. The molecule has 1 N–H and O–H groups in total. The van der Waals surface area contributed by atoms with Gasteiger partial charge in [0.2, 0.25) is 0 Å². The van der Waals surface area contributed by atoms with E-state index in [2.05, 4.69) is 5.32 Å². The van der Waals surface area contributed by atoms with Crippen LogP contribution in [-0.2, 0) is 16.6 Å². The number of nitrogens with one attached hydrogen (secondary N) is 1. The zero-order valence-corrected chi connectivity index (χ0v) is 15.0. The van der Waals surface area contributed by atoms with E-state index in [0.29, 0.717) is 30.2 Å². The lowest BCUT2D eigenvalue weighted by atomic mass is 10.2. The van der Waals surface area contributed by atoms with Gasteiger partial charge >= 0.3 is 0 Å². The van der Waals surface area contributed by atoms with Crippen LogP contribution >= 0.6 is 24.0 Å². The second-order valence-corrected chi connectivity index (χ2v) is 7.48. The molecule has 124 valence electrons. The highest BCUT2D eigenvalue weighted by Crippen LogP contribution is 2.31. The monoisotopic (exact) mass is 372 g/mol. The van der Waals surface area contributed by atoms with Crippen molar-refractivity contribution in [3.63, 3.8) is 0 Å². The molecule has 1 aliphatic rings. The van der Waals surface area contributed by atoms with Crippen LogP contribution in [0, 0.1) is 6.92 Å². The van der Waals surface area contributed by atoms with Crippen LogP contribution in [0.3, 0.4) is 0 Å². The lowest BCUT2D eigenvalue weighted by molar-refractivity contribution is 0.589. The van der Waals surface area contributed by atoms with Crippen LogP contribution in [0.5, 0.6) is 0 Å². The second-order valence-electron chi connectivity index (χ2n) is 5.25. The van der Waals surface area contributed by atoms with Gasteiger partial charge in [0.25, 0.3) is 10.0 Å². The second kappa shape index (κ2) is 7.09. The first kappa shape index (κ1) is 18.1. The van der Waals surface area contributed by atoms with Crippen molar-refractivity contribution in [2.75, 3.05) is 17.4 Å². The summed E-state index contributed by atoms with van der Waals surface area (Å²) in [7, 11) is -3.64. The molecule has 0 atom stereocenters. The molecule has 7 heteroatoms. The molecule has 0 unspecified atom stereocenters. The summed E-state index contributed by atoms with van der Waals surface area (Å²) in [5.74, 6) is 0. The Kier molecular flexibility index (Phi) is 5.57. The van der Waals surface area contributed by atoms with Gasteiger partial charge in [-0.3, -0.25) is 4.31 Å². The van der Waals surface area contributed by atoms with E-state index in [9.17, 15) is 8.42 Å². The van der Waals surface area contributed by atoms with Crippen LogP contribution in [0.15, 0.2) is 47.4 Å². The lowest BCUT2D eigenvalue weighted by Crippen LogP contribution is -2.35. The van der Waals surface area contributed by atoms with Crippen LogP contribution in [0.2, 0.25) is 5.02 Å². The van der Waals surface area contributed by atoms with Gasteiger partial charge in [0.15, 0.2) is 0 Å². The molecular weight excluding hydrogens is 355 g/mol. The average molecular weight is 373 g/mol. The molecule has 0 bridgehead atoms. The van der Waals surface area contributed by atoms with Gasteiger partial charge in [0.1, 0.15) is 0 Å². The number of anilines is 1. The van der Waals surface area contributed by atoms with Crippen molar-refractivity contribution < 1.29 is 8.42 Å². The molecule has 0 aromatic heterocycles. The summed E-state index contributed by atoms with van der Waals surface area (Å²) in [6, 6.07) is 12.6. The van der Waals surface area contributed by atoms with Crippen molar-refractivity contribution in [3.8, 4) is 0 Å². The van der Waals surface area contributed by atoms with E-state index in [4.69, 9.17) is 11.6 Å². The summed E-state index contributed by atoms with van der Waals surface area (Å²) < 4.78 is 27.7. The number of rotatable bonds is 2. The third-order valence-electron chi connectivity index (χ3n) is 3.85. The van der Waals surface area contributed by atoms with Crippen molar-refractivity contribution in [1.29, 1.82) is 0 Å². The van der Waals surface area contributed by atoms with Gasteiger partial charge < -0.3 is 5.32 Å². The first-order valence-electron chi connectivity index (χ1n) is 7.08. The molecule has 0 saturated carbocycles. The molecule has 3 rings (SSSR count). The Bertz CT molecular complexity index is 809. The summed E-state index contributed by atoms with van der Waals surface area (Å²) in [5.41, 5.74) is 2.29. The van der Waals surface area contributed by atoms with Gasteiger partial charge in [-0.05, 0) is 36.2 Å². The normalized spacial score (nSPS) is 14.6. The molecule has 23 heavy (non-hydrogen) atoms. The van der Waals surface area contributed by atoms with E-state index in [-0.39, 0.29) is 17.3 Å². The molecule has 4 nitrogen and oxygen atoms in total. The summed E-state index contributed by atoms with van der Waals surface area (Å²) in [4.78, 5) is 0.261. The van der Waals surface area contributed by atoms with E-state index >= 15 is 0 Å². The van der Waals surface area contributed by atoms with Crippen molar-refractivity contribution in [3.05, 3.63) is 58.6 Å². The maximum absolute atomic E-state index is 13.1. The Morgan fingerprint density at radius 1 is 1.13 bits per heavy atom. The van der Waals surface area contributed by atoms with Crippen LogP contribution in [-0.4, -0.2) is 21.5 Å². The van der Waals surface area contributed by atoms with Crippen LogP contribution in [0.1, 0.15) is 11.1 Å². The van der Waals surface area contributed by atoms with E-state index in [1.165, 1.54) is 4.31 Å². The minimum absolute atomic E-state index is 0. The fraction of sp³-hybridized carbons (Fsp3) is 0.250. The summed E-state index contributed by atoms with van der Waals surface area (Å²) in [6.07, 6.45) is 0. The standard InChI is InChI=1S/C16H17ClN2O2S.ClH/c1-12-14(17)6-4-8-16(12)22(20,21)19-10-9-18-11-13-5-2-3-7-15(13)19;/h2-8,18H,9-11H2,1H3;1H. The highest BCUT2D eigenvalue weighted by molar-refractivity contribution is 7.92. The molecule has 1 heterocycles. The van der Waals surface area contributed by atoms with Gasteiger partial charge in [-0.25, -0.2) is 8.42 Å². The minimum Gasteiger partial charge on any atom is -0.311 e. The number of fused-ring (bicyclic) bond motifs is 1. The summed E-state index contributed by atoms with van der Waals surface area (Å²) in [5, 5.41) is 3.71. The highest BCUT2D eigenvalue weighted by Gasteiger charge is 2.29. The third kappa shape index (κ3) is 3.33. The molecule has 0 amide bonds. The van der Waals surface area contributed by atoms with Gasteiger partial charge in [0.05, 0.1) is 10.6 Å². The Morgan fingerprint density at radius 3 is 2.65 bits per heavy atom. The molecule has 2 aromatic rings. The average Bonchev–Trinajstić information content (AvgIpc) is 2.72. The Balaban J connectivity index is 0.00000192. The lowest BCUT2D eigenvalue weighted by Gasteiger charge is -2.25. The number of hydrogen-bond donors (Lipinski definition) is 1. The fourth-order valence-corrected chi connectivity index (χ4v) is 4.65. The largest absolute Gasteiger partial charge is 0.311 e. The number of hydrogen-bond acceptors (Lipinski definition) is 3. The maximum atomic E-state index is 13.1. The molecule has 2 aromatic carbocycles. The number of sulfonamides is 1. The molecule has 0 aliphatic carbocycles. The van der Waals surface area contributed by atoms with Gasteiger partial charge in [0, 0.05) is 24.7 Å². The fourth-order valence-electron chi connectivity index (χ4n) is 2.66. The quantitative estimate of drug-likeness (QED) is 0.878. The van der Waals surface area contributed by atoms with Gasteiger partial charge in [-0.1, -0.05) is 35.9 Å². The smallest absolute Gasteiger partial charge is 0.264 e. The topological polar surface area (TPSA) is 49.4 Å². The predicted octanol–water partition coefficient (Wildman–Crippen LogP) is 3.37. The SMILES string of the molecule is Cc1c(Cl)cccc1S(=O)(=O)N1CCNCc2ccccc21.Cl. The van der Waals surface area contributed by atoms with Crippen molar-refractivity contribution in [2.24, 2.45) is 0 Å². The molecule has 0 spiro atoms. The molecule has 1 aliphatic heterocycles. The highest BCUT2D eigenvalue weighted by atomic mass is 35.5. The number of benzene rings is 2. The first-order chi connectivity index (χ1) is 10.5. The van der Waals surface area contributed by atoms with E-state index in [0.717, 1.165) is 11.3 Å². The van der Waals surface area contributed by atoms with Crippen molar-refractivity contribution in [1.82, 2.24) is 5.32 Å².